The summed E-state index contributed by atoms with van der Waals surface area (Å²) in [5.74, 6) is -0.347. The fourth-order valence-electron chi connectivity index (χ4n) is 4.93. The van der Waals surface area contributed by atoms with E-state index in [4.69, 9.17) is 18.5 Å². The Morgan fingerprint density at radius 1 is 0.892 bits per heavy atom. The summed E-state index contributed by atoms with van der Waals surface area (Å²) >= 11 is 0. The highest BCUT2D eigenvalue weighted by atomic mass is 28.4. The highest BCUT2D eigenvalue weighted by Crippen LogP contribution is 2.40. The van der Waals surface area contributed by atoms with E-state index in [1.54, 1.807) is 0 Å². The molecular weight excluding hydrogens is 479 g/mol. The van der Waals surface area contributed by atoms with E-state index in [2.05, 4.69) is 69.3 Å². The molecule has 0 bridgehead atoms. The molecule has 1 saturated heterocycles. The SMILES string of the molecule is CCOC(=O)/C(CB1OC(C)(C)C(C)(C)O1)=C(/C)CO[Si](c1ccccc1)(c1ccccc1)C(C)(C)C. The lowest BCUT2D eigenvalue weighted by Crippen LogP contribution is -2.66. The lowest BCUT2D eigenvalue weighted by Gasteiger charge is -2.43. The molecule has 37 heavy (non-hydrogen) atoms. The molecule has 1 heterocycles. The van der Waals surface area contributed by atoms with Crippen molar-refractivity contribution in [1.82, 2.24) is 0 Å². The monoisotopic (exact) mass is 522 g/mol. The fourth-order valence-corrected chi connectivity index (χ4v) is 9.52. The molecular formula is C30H43BO5Si. The summed E-state index contributed by atoms with van der Waals surface area (Å²) in [6.07, 6.45) is 0.307. The molecule has 0 radical (unpaired) electrons. The minimum atomic E-state index is -2.75. The summed E-state index contributed by atoms with van der Waals surface area (Å²) in [6.45, 7) is 19.2. The maximum Gasteiger partial charge on any atom is 0.462 e. The van der Waals surface area contributed by atoms with Gasteiger partial charge in [0.2, 0.25) is 0 Å². The zero-order valence-electron chi connectivity index (χ0n) is 24.0. The molecule has 0 aliphatic carbocycles. The van der Waals surface area contributed by atoms with Crippen LogP contribution in [0, 0.1) is 0 Å². The van der Waals surface area contributed by atoms with E-state index >= 15 is 0 Å². The van der Waals surface area contributed by atoms with Crippen LogP contribution in [0.15, 0.2) is 71.8 Å². The van der Waals surface area contributed by atoms with E-state index in [1.807, 2.05) is 53.7 Å². The number of carbonyl (C=O) groups is 1. The first-order valence-electron chi connectivity index (χ1n) is 13.2. The quantitative estimate of drug-likeness (QED) is 0.246. The summed E-state index contributed by atoms with van der Waals surface area (Å²) < 4.78 is 25.0. The molecule has 1 fully saturated rings. The molecule has 0 amide bonds. The van der Waals surface area contributed by atoms with Crippen molar-refractivity contribution >= 4 is 31.8 Å². The number of esters is 1. The lowest BCUT2D eigenvalue weighted by atomic mass is 9.79. The number of hydrogen-bond donors (Lipinski definition) is 0. The van der Waals surface area contributed by atoms with Crippen molar-refractivity contribution in [2.75, 3.05) is 13.2 Å². The van der Waals surface area contributed by atoms with Gasteiger partial charge in [0, 0.05) is 11.9 Å². The molecule has 7 heteroatoms. The van der Waals surface area contributed by atoms with Crippen molar-refractivity contribution < 1.29 is 23.3 Å². The minimum absolute atomic E-state index is 0.161. The standard InChI is InChI=1S/C30H43BO5Si/c1-10-33-27(32)26(21-31-35-29(6,7)30(8,9)36-31)23(2)22-34-37(28(3,4)5,24-17-13-11-14-18-24)25-19-15-12-16-20-25/h11-20H,10,21-22H2,1-9H3/b26-23-. The zero-order valence-corrected chi connectivity index (χ0v) is 25.0. The van der Waals surface area contributed by atoms with Crippen molar-refractivity contribution in [2.45, 2.75) is 84.9 Å². The normalized spacial score (nSPS) is 17.9. The molecule has 0 aromatic heterocycles. The first-order valence-corrected chi connectivity index (χ1v) is 15.1. The summed E-state index contributed by atoms with van der Waals surface area (Å²) in [5.41, 5.74) is 0.437. The van der Waals surface area contributed by atoms with Gasteiger partial charge in [-0.3, -0.25) is 0 Å². The Morgan fingerprint density at radius 2 is 1.35 bits per heavy atom. The fraction of sp³-hybridized carbons (Fsp3) is 0.500. The van der Waals surface area contributed by atoms with E-state index in [1.165, 1.54) is 10.4 Å². The molecule has 5 nitrogen and oxygen atoms in total. The summed E-state index contributed by atoms with van der Waals surface area (Å²) in [6, 6.07) is 21.0. The van der Waals surface area contributed by atoms with E-state index in [9.17, 15) is 4.79 Å². The third-order valence-electron chi connectivity index (χ3n) is 7.63. The average molecular weight is 523 g/mol. The first-order chi connectivity index (χ1) is 17.2. The summed E-state index contributed by atoms with van der Waals surface area (Å²) in [5, 5.41) is 2.24. The van der Waals surface area contributed by atoms with Crippen molar-refractivity contribution in [1.29, 1.82) is 0 Å². The van der Waals surface area contributed by atoms with E-state index < -0.39 is 26.6 Å². The van der Waals surface area contributed by atoms with Gasteiger partial charge in [0.25, 0.3) is 8.32 Å². The first kappa shape index (κ1) is 29.4. The number of benzene rings is 2. The van der Waals surface area contributed by atoms with Crippen molar-refractivity contribution in [3.8, 4) is 0 Å². The van der Waals surface area contributed by atoms with Crippen LogP contribution in [0.1, 0.15) is 62.3 Å². The van der Waals surface area contributed by atoms with Crippen LogP contribution in [0.25, 0.3) is 0 Å². The second-order valence-corrected chi connectivity index (χ2v) is 16.1. The van der Waals surface area contributed by atoms with Crippen molar-refractivity contribution in [3.05, 3.63) is 71.8 Å². The molecule has 3 rings (SSSR count). The Morgan fingerprint density at radius 3 is 1.76 bits per heavy atom. The molecule has 0 unspecified atom stereocenters. The highest BCUT2D eigenvalue weighted by Gasteiger charge is 2.52. The van der Waals surface area contributed by atoms with E-state index in [-0.39, 0.29) is 11.0 Å². The van der Waals surface area contributed by atoms with Gasteiger partial charge in [-0.1, -0.05) is 81.4 Å². The molecule has 1 aliphatic heterocycles. The van der Waals surface area contributed by atoms with Crippen molar-refractivity contribution in [2.24, 2.45) is 0 Å². The zero-order chi connectivity index (χ0) is 27.5. The number of carbonyl (C=O) groups excluding carboxylic acids is 1. The largest absolute Gasteiger partial charge is 0.463 e. The average Bonchev–Trinajstić information content (AvgIpc) is 3.04. The molecule has 2 aromatic carbocycles. The van der Waals surface area contributed by atoms with Crippen LogP contribution >= 0.6 is 0 Å². The Bertz CT molecular complexity index is 1030. The number of hydrogen-bond acceptors (Lipinski definition) is 5. The van der Waals surface area contributed by atoms with Crippen LogP contribution in [0.2, 0.25) is 11.4 Å². The Balaban J connectivity index is 2.02. The molecule has 0 atom stereocenters. The molecule has 0 N–H and O–H groups in total. The van der Waals surface area contributed by atoms with Crippen LogP contribution in [0.5, 0.6) is 0 Å². The second kappa shape index (κ2) is 11.3. The third kappa shape index (κ3) is 6.11. The molecule has 1 aliphatic rings. The Labute approximate surface area is 224 Å². The van der Waals surface area contributed by atoms with E-state index in [0.29, 0.717) is 25.1 Å². The molecule has 0 spiro atoms. The van der Waals surface area contributed by atoms with Gasteiger partial charge >= 0.3 is 13.1 Å². The third-order valence-corrected chi connectivity index (χ3v) is 12.6. The topological polar surface area (TPSA) is 54.0 Å². The van der Waals surface area contributed by atoms with Gasteiger partial charge in [-0.25, -0.2) is 4.79 Å². The molecule has 2 aromatic rings. The van der Waals surface area contributed by atoms with Gasteiger partial charge in [0.05, 0.1) is 24.4 Å². The Kier molecular flexibility index (Phi) is 8.95. The molecule has 200 valence electrons. The number of rotatable bonds is 9. The van der Waals surface area contributed by atoms with Crippen LogP contribution in [0.3, 0.4) is 0 Å². The van der Waals surface area contributed by atoms with Crippen LogP contribution in [-0.2, 0) is 23.3 Å². The predicted octanol–water partition coefficient (Wildman–Crippen LogP) is 5.53. The smallest absolute Gasteiger partial charge is 0.462 e. The van der Waals surface area contributed by atoms with Gasteiger partial charge in [0.1, 0.15) is 0 Å². The maximum absolute atomic E-state index is 13.1. The van der Waals surface area contributed by atoms with Crippen LogP contribution < -0.4 is 10.4 Å². The Hall–Kier alpha value is -2.19. The van der Waals surface area contributed by atoms with Gasteiger partial charge in [-0.05, 0) is 62.5 Å². The highest BCUT2D eigenvalue weighted by molar-refractivity contribution is 6.99. The van der Waals surface area contributed by atoms with Crippen LogP contribution in [-0.4, -0.2) is 45.8 Å². The maximum atomic E-state index is 13.1. The van der Waals surface area contributed by atoms with Gasteiger partial charge < -0.3 is 18.5 Å². The van der Waals surface area contributed by atoms with E-state index in [0.717, 1.165) is 5.57 Å². The van der Waals surface area contributed by atoms with Gasteiger partial charge in [0.15, 0.2) is 0 Å². The lowest BCUT2D eigenvalue weighted by molar-refractivity contribution is -0.138. The van der Waals surface area contributed by atoms with Crippen LogP contribution in [0.4, 0.5) is 0 Å². The molecule has 0 saturated carbocycles. The van der Waals surface area contributed by atoms with Gasteiger partial charge in [-0.2, -0.15) is 0 Å². The minimum Gasteiger partial charge on any atom is -0.463 e. The second-order valence-electron chi connectivity index (χ2n) is 11.8. The predicted molar refractivity (Wildman–Crippen MR) is 154 cm³/mol. The van der Waals surface area contributed by atoms with Gasteiger partial charge in [-0.15, -0.1) is 0 Å². The van der Waals surface area contributed by atoms with Crippen molar-refractivity contribution in [3.63, 3.8) is 0 Å². The summed E-state index contributed by atoms with van der Waals surface area (Å²) in [7, 11) is -3.29. The summed E-state index contributed by atoms with van der Waals surface area (Å²) in [4.78, 5) is 13.1. The number of ether oxygens (including phenoxy) is 1.